The van der Waals surface area contributed by atoms with Crippen molar-refractivity contribution < 1.29 is 4.74 Å². The first-order chi connectivity index (χ1) is 10.00. The number of anilines is 1. The second kappa shape index (κ2) is 5.29. The Labute approximate surface area is 134 Å². The lowest BCUT2D eigenvalue weighted by atomic mass is 9.78. The van der Waals surface area contributed by atoms with Crippen LogP contribution in [0.2, 0.25) is 0 Å². The number of benzene rings is 1. The normalized spacial score (nSPS) is 32.5. The molecule has 2 aliphatic heterocycles. The largest absolute Gasteiger partial charge is 0.375 e. The first-order valence-electron chi connectivity index (χ1n) is 7.48. The zero-order chi connectivity index (χ0) is 15.1. The van der Waals surface area contributed by atoms with Crippen LogP contribution < -0.4 is 10.6 Å². The van der Waals surface area contributed by atoms with Gasteiger partial charge in [-0.3, -0.25) is 4.99 Å². The van der Waals surface area contributed by atoms with E-state index in [2.05, 4.69) is 45.7 Å². The van der Waals surface area contributed by atoms with Crippen LogP contribution >= 0.6 is 15.9 Å². The SMILES string of the molecule is CCC1(C)CC2(CCO1)CN=C(N)N2c1ccccc1Br. The molecule has 5 heteroatoms. The van der Waals surface area contributed by atoms with Crippen LogP contribution in [0.1, 0.15) is 33.1 Å². The Balaban J connectivity index is 2.01. The number of nitrogens with two attached hydrogens (primary N) is 1. The van der Waals surface area contributed by atoms with E-state index < -0.39 is 0 Å². The molecule has 1 fully saturated rings. The predicted octanol–water partition coefficient (Wildman–Crippen LogP) is 3.30. The van der Waals surface area contributed by atoms with Gasteiger partial charge >= 0.3 is 0 Å². The summed E-state index contributed by atoms with van der Waals surface area (Å²) in [5, 5.41) is 0. The molecule has 2 N–H and O–H groups in total. The quantitative estimate of drug-likeness (QED) is 0.889. The Morgan fingerprint density at radius 1 is 1.43 bits per heavy atom. The summed E-state index contributed by atoms with van der Waals surface area (Å²) >= 11 is 3.65. The molecule has 1 saturated heterocycles. The number of hydrogen-bond acceptors (Lipinski definition) is 4. The van der Waals surface area contributed by atoms with Crippen LogP contribution in [0.3, 0.4) is 0 Å². The molecule has 3 rings (SSSR count). The Hall–Kier alpha value is -1.07. The van der Waals surface area contributed by atoms with Gasteiger partial charge in [0.05, 0.1) is 23.4 Å². The van der Waals surface area contributed by atoms with E-state index in [0.717, 1.165) is 42.6 Å². The van der Waals surface area contributed by atoms with E-state index in [1.54, 1.807) is 0 Å². The van der Waals surface area contributed by atoms with E-state index in [9.17, 15) is 0 Å². The van der Waals surface area contributed by atoms with Gasteiger partial charge in [0.25, 0.3) is 0 Å². The molecule has 2 aliphatic rings. The second-order valence-electron chi connectivity index (χ2n) is 6.26. The molecule has 0 aromatic heterocycles. The lowest BCUT2D eigenvalue weighted by molar-refractivity contribution is -0.0902. The fourth-order valence-electron chi connectivity index (χ4n) is 3.50. The standard InChI is InChI=1S/C16H22BrN3O/c1-3-15(2)10-16(8-9-21-15)11-19-14(18)20(16)13-7-5-4-6-12(13)17/h4-7H,3,8-11H2,1-2H3,(H2,18,19). The van der Waals surface area contributed by atoms with Gasteiger partial charge in [-0.15, -0.1) is 0 Å². The maximum absolute atomic E-state index is 6.23. The number of nitrogens with zero attached hydrogens (tertiary/aromatic N) is 2. The van der Waals surface area contributed by atoms with Crippen LogP contribution in [0.25, 0.3) is 0 Å². The van der Waals surface area contributed by atoms with Crippen molar-refractivity contribution in [3.05, 3.63) is 28.7 Å². The van der Waals surface area contributed by atoms with Gasteiger partial charge < -0.3 is 15.4 Å². The van der Waals surface area contributed by atoms with Gasteiger partial charge in [-0.05, 0) is 47.8 Å². The molecule has 0 aliphatic carbocycles. The van der Waals surface area contributed by atoms with Gasteiger partial charge in [0, 0.05) is 17.5 Å². The van der Waals surface area contributed by atoms with Crippen LogP contribution in [0.5, 0.6) is 0 Å². The van der Waals surface area contributed by atoms with E-state index >= 15 is 0 Å². The molecule has 4 nitrogen and oxygen atoms in total. The molecule has 0 amide bonds. The van der Waals surface area contributed by atoms with E-state index in [1.807, 2.05) is 18.2 Å². The highest BCUT2D eigenvalue weighted by atomic mass is 79.9. The van der Waals surface area contributed by atoms with Crippen LogP contribution in [0.15, 0.2) is 33.7 Å². The maximum Gasteiger partial charge on any atom is 0.196 e. The minimum Gasteiger partial charge on any atom is -0.375 e. The van der Waals surface area contributed by atoms with Gasteiger partial charge in [0.1, 0.15) is 0 Å². The van der Waals surface area contributed by atoms with E-state index in [4.69, 9.17) is 10.5 Å². The fourth-order valence-corrected chi connectivity index (χ4v) is 3.96. The Morgan fingerprint density at radius 2 is 2.19 bits per heavy atom. The first-order valence-corrected chi connectivity index (χ1v) is 8.28. The number of guanidine groups is 1. The number of aliphatic imine (C=N–C) groups is 1. The first kappa shape index (κ1) is 14.9. The Kier molecular flexibility index (Phi) is 3.74. The zero-order valence-electron chi connectivity index (χ0n) is 12.6. The second-order valence-corrected chi connectivity index (χ2v) is 7.12. The molecule has 0 bridgehead atoms. The van der Waals surface area contributed by atoms with Gasteiger partial charge in [0.15, 0.2) is 5.96 Å². The zero-order valence-corrected chi connectivity index (χ0v) is 14.2. The minimum atomic E-state index is -0.0993. The molecule has 2 heterocycles. The lowest BCUT2D eigenvalue weighted by Crippen LogP contribution is -2.59. The van der Waals surface area contributed by atoms with E-state index in [0.29, 0.717) is 5.96 Å². The molecule has 1 spiro atoms. The molecule has 1 aromatic rings. The average molecular weight is 352 g/mol. The summed E-state index contributed by atoms with van der Waals surface area (Å²) in [6.07, 6.45) is 2.90. The van der Waals surface area contributed by atoms with Crippen LogP contribution in [0.4, 0.5) is 5.69 Å². The monoisotopic (exact) mass is 351 g/mol. The third-order valence-corrected chi connectivity index (χ3v) is 5.47. The fraction of sp³-hybridized carbons (Fsp3) is 0.562. The lowest BCUT2D eigenvalue weighted by Gasteiger charge is -2.48. The molecular formula is C16H22BrN3O. The molecule has 0 radical (unpaired) electrons. The summed E-state index contributed by atoms with van der Waals surface area (Å²) in [5.74, 6) is 0.613. The van der Waals surface area contributed by atoms with E-state index in [-0.39, 0.29) is 11.1 Å². The molecule has 0 saturated carbocycles. The van der Waals surface area contributed by atoms with Gasteiger partial charge in [-0.25, -0.2) is 0 Å². The van der Waals surface area contributed by atoms with Crippen molar-refractivity contribution in [3.63, 3.8) is 0 Å². The smallest absolute Gasteiger partial charge is 0.196 e. The van der Waals surface area contributed by atoms with Crippen LogP contribution in [-0.4, -0.2) is 30.3 Å². The number of halogens is 1. The topological polar surface area (TPSA) is 50.9 Å². The Morgan fingerprint density at radius 3 is 2.90 bits per heavy atom. The molecule has 2 atom stereocenters. The molecular weight excluding hydrogens is 330 g/mol. The summed E-state index contributed by atoms with van der Waals surface area (Å²) < 4.78 is 7.07. The summed E-state index contributed by atoms with van der Waals surface area (Å²) in [6.45, 7) is 5.88. The van der Waals surface area contributed by atoms with Gasteiger partial charge in [-0.1, -0.05) is 19.1 Å². The summed E-state index contributed by atoms with van der Waals surface area (Å²) in [5.41, 5.74) is 7.17. The average Bonchev–Trinajstić information content (AvgIpc) is 2.76. The minimum absolute atomic E-state index is 0.0586. The molecule has 21 heavy (non-hydrogen) atoms. The number of ether oxygens (including phenoxy) is 1. The van der Waals surface area contributed by atoms with Crippen LogP contribution in [-0.2, 0) is 4.74 Å². The van der Waals surface area contributed by atoms with Crippen molar-refractivity contribution in [1.82, 2.24) is 0 Å². The number of hydrogen-bond donors (Lipinski definition) is 1. The van der Waals surface area contributed by atoms with Crippen molar-refractivity contribution in [3.8, 4) is 0 Å². The van der Waals surface area contributed by atoms with Crippen molar-refractivity contribution in [2.75, 3.05) is 18.1 Å². The molecule has 1 aromatic carbocycles. The highest BCUT2D eigenvalue weighted by molar-refractivity contribution is 9.10. The highest BCUT2D eigenvalue weighted by Gasteiger charge is 2.50. The summed E-state index contributed by atoms with van der Waals surface area (Å²) in [4.78, 5) is 6.77. The highest BCUT2D eigenvalue weighted by Crippen LogP contribution is 2.44. The van der Waals surface area contributed by atoms with Gasteiger partial charge in [-0.2, -0.15) is 0 Å². The summed E-state index contributed by atoms with van der Waals surface area (Å²) in [6, 6.07) is 8.20. The number of para-hydroxylation sites is 1. The third-order valence-electron chi connectivity index (χ3n) is 4.80. The summed E-state index contributed by atoms with van der Waals surface area (Å²) in [7, 11) is 0. The van der Waals surface area contributed by atoms with Gasteiger partial charge in [0.2, 0.25) is 0 Å². The van der Waals surface area contributed by atoms with Crippen molar-refractivity contribution in [2.24, 2.45) is 10.7 Å². The van der Waals surface area contributed by atoms with Crippen molar-refractivity contribution in [1.29, 1.82) is 0 Å². The predicted molar refractivity (Wildman–Crippen MR) is 89.7 cm³/mol. The molecule has 114 valence electrons. The van der Waals surface area contributed by atoms with Crippen LogP contribution in [0, 0.1) is 0 Å². The van der Waals surface area contributed by atoms with Crippen molar-refractivity contribution in [2.45, 2.75) is 44.2 Å². The maximum atomic E-state index is 6.23. The molecule has 2 unspecified atom stereocenters. The number of rotatable bonds is 2. The third kappa shape index (κ3) is 2.46. The van der Waals surface area contributed by atoms with E-state index in [1.165, 1.54) is 0 Å². The Bertz CT molecular complexity index is 576. The van der Waals surface area contributed by atoms with Crippen molar-refractivity contribution >= 4 is 27.6 Å².